The van der Waals surface area contributed by atoms with Crippen molar-refractivity contribution in [3.63, 3.8) is 0 Å². The molecule has 0 aliphatic carbocycles. The Bertz CT molecular complexity index is 507. The maximum Gasteiger partial charge on any atom is 0.216 e. The second-order valence-corrected chi connectivity index (χ2v) is 7.75. The molecule has 18 heavy (non-hydrogen) atoms. The summed E-state index contributed by atoms with van der Waals surface area (Å²) < 4.78 is 26.0. The maximum absolute atomic E-state index is 12.2. The molecule has 1 atom stereocenters. The monoisotopic (exact) mass is 271 g/mol. The molecule has 1 aliphatic rings. The third-order valence-electron chi connectivity index (χ3n) is 3.62. The SMILES string of the molecule is Cc1cn[nH]c1[C@H]1CCCN(S(=O)(=O)C(C)C)C1. The van der Waals surface area contributed by atoms with E-state index in [0.717, 1.165) is 24.1 Å². The van der Waals surface area contributed by atoms with E-state index in [4.69, 9.17) is 0 Å². The molecule has 5 nitrogen and oxygen atoms in total. The van der Waals surface area contributed by atoms with Crippen LogP contribution in [-0.2, 0) is 10.0 Å². The van der Waals surface area contributed by atoms with Crippen molar-refractivity contribution in [1.82, 2.24) is 14.5 Å². The van der Waals surface area contributed by atoms with Crippen molar-refractivity contribution in [3.05, 3.63) is 17.5 Å². The lowest BCUT2D eigenvalue weighted by atomic mass is 9.94. The van der Waals surface area contributed by atoms with Gasteiger partial charge in [0.15, 0.2) is 0 Å². The first kappa shape index (κ1) is 13.5. The van der Waals surface area contributed by atoms with Crippen LogP contribution in [0.25, 0.3) is 0 Å². The zero-order valence-corrected chi connectivity index (χ0v) is 12.0. The van der Waals surface area contributed by atoms with E-state index in [0.29, 0.717) is 13.1 Å². The second-order valence-electron chi connectivity index (χ2n) is 5.26. The smallest absolute Gasteiger partial charge is 0.216 e. The molecule has 0 aromatic carbocycles. The van der Waals surface area contributed by atoms with Crippen LogP contribution in [0.2, 0.25) is 0 Å². The first-order valence-electron chi connectivity index (χ1n) is 6.41. The van der Waals surface area contributed by atoms with E-state index in [1.165, 1.54) is 0 Å². The fraction of sp³-hybridized carbons (Fsp3) is 0.750. The van der Waals surface area contributed by atoms with Gasteiger partial charge in [-0.15, -0.1) is 0 Å². The van der Waals surface area contributed by atoms with E-state index in [-0.39, 0.29) is 11.2 Å². The van der Waals surface area contributed by atoms with Crippen molar-refractivity contribution < 1.29 is 8.42 Å². The second kappa shape index (κ2) is 5.01. The number of aryl methyl sites for hydroxylation is 1. The van der Waals surface area contributed by atoms with Crippen molar-refractivity contribution in [2.24, 2.45) is 0 Å². The van der Waals surface area contributed by atoms with E-state index in [9.17, 15) is 8.42 Å². The fourth-order valence-electron chi connectivity index (χ4n) is 2.48. The minimum atomic E-state index is -3.14. The van der Waals surface area contributed by atoms with Crippen LogP contribution in [0.4, 0.5) is 0 Å². The molecule has 0 unspecified atom stereocenters. The minimum Gasteiger partial charge on any atom is -0.282 e. The Morgan fingerprint density at radius 2 is 2.22 bits per heavy atom. The molecule has 1 N–H and O–H groups in total. The highest BCUT2D eigenvalue weighted by Gasteiger charge is 2.32. The summed E-state index contributed by atoms with van der Waals surface area (Å²) in [5.41, 5.74) is 2.20. The molecule has 0 radical (unpaired) electrons. The van der Waals surface area contributed by atoms with Gasteiger partial charge < -0.3 is 0 Å². The zero-order valence-electron chi connectivity index (χ0n) is 11.2. The van der Waals surface area contributed by atoms with Crippen LogP contribution in [0.1, 0.15) is 43.9 Å². The van der Waals surface area contributed by atoms with E-state index in [1.807, 2.05) is 6.92 Å². The molecular weight excluding hydrogens is 250 g/mol. The number of H-pyrrole nitrogens is 1. The lowest BCUT2D eigenvalue weighted by Crippen LogP contribution is -2.42. The predicted molar refractivity (Wildman–Crippen MR) is 70.9 cm³/mol. The standard InChI is InChI=1S/C12H21N3O2S/c1-9(2)18(16,17)15-6-4-5-11(8-15)12-10(3)7-13-14-12/h7,9,11H,4-6,8H2,1-3H3,(H,13,14)/t11-/m0/s1. The zero-order chi connectivity index (χ0) is 13.3. The highest BCUT2D eigenvalue weighted by Crippen LogP contribution is 2.29. The number of nitrogens with zero attached hydrogens (tertiary/aromatic N) is 2. The number of hydrogen-bond donors (Lipinski definition) is 1. The van der Waals surface area contributed by atoms with E-state index in [2.05, 4.69) is 10.2 Å². The summed E-state index contributed by atoms with van der Waals surface area (Å²) in [6.45, 7) is 6.70. The number of aromatic amines is 1. The lowest BCUT2D eigenvalue weighted by Gasteiger charge is -2.32. The van der Waals surface area contributed by atoms with Crippen molar-refractivity contribution in [2.75, 3.05) is 13.1 Å². The summed E-state index contributed by atoms with van der Waals surface area (Å²) in [6.07, 6.45) is 3.73. The highest BCUT2D eigenvalue weighted by molar-refractivity contribution is 7.89. The predicted octanol–water partition coefficient (Wildman–Crippen LogP) is 1.64. The largest absolute Gasteiger partial charge is 0.282 e. The van der Waals surface area contributed by atoms with Crippen LogP contribution in [0.3, 0.4) is 0 Å². The summed E-state index contributed by atoms with van der Waals surface area (Å²) in [4.78, 5) is 0. The van der Waals surface area contributed by atoms with Crippen molar-refractivity contribution in [1.29, 1.82) is 0 Å². The Kier molecular flexibility index (Phi) is 3.77. The van der Waals surface area contributed by atoms with Crippen LogP contribution in [-0.4, -0.2) is 41.3 Å². The third-order valence-corrected chi connectivity index (χ3v) is 5.86. The summed E-state index contributed by atoms with van der Waals surface area (Å²) in [5, 5.41) is 6.68. The van der Waals surface area contributed by atoms with Gasteiger partial charge in [-0.25, -0.2) is 12.7 Å². The molecule has 0 bridgehead atoms. The van der Waals surface area contributed by atoms with Crippen molar-refractivity contribution in [2.45, 2.75) is 44.8 Å². The van der Waals surface area contributed by atoms with Gasteiger partial charge in [0, 0.05) is 24.7 Å². The van der Waals surface area contributed by atoms with Crippen LogP contribution in [0, 0.1) is 6.92 Å². The number of piperidine rings is 1. The molecular formula is C12H21N3O2S. The first-order chi connectivity index (χ1) is 8.43. The highest BCUT2D eigenvalue weighted by atomic mass is 32.2. The Balaban J connectivity index is 2.18. The first-order valence-corrected chi connectivity index (χ1v) is 7.92. The molecule has 1 saturated heterocycles. The van der Waals surface area contributed by atoms with E-state index in [1.54, 1.807) is 24.3 Å². The summed E-state index contributed by atoms with van der Waals surface area (Å²) in [7, 11) is -3.14. The Morgan fingerprint density at radius 1 is 1.50 bits per heavy atom. The molecule has 0 spiro atoms. The quantitative estimate of drug-likeness (QED) is 0.908. The molecule has 0 amide bonds. The number of hydrogen-bond acceptors (Lipinski definition) is 3. The van der Waals surface area contributed by atoms with Gasteiger partial charge in [-0.2, -0.15) is 5.10 Å². The molecule has 1 aromatic rings. The summed E-state index contributed by atoms with van der Waals surface area (Å²) in [5.74, 6) is 0.245. The van der Waals surface area contributed by atoms with Gasteiger partial charge in [-0.3, -0.25) is 5.10 Å². The topological polar surface area (TPSA) is 66.1 Å². The summed E-state index contributed by atoms with van der Waals surface area (Å²) >= 11 is 0. The average molecular weight is 271 g/mol. The lowest BCUT2D eigenvalue weighted by molar-refractivity contribution is 0.310. The number of nitrogens with one attached hydrogen (secondary N) is 1. The van der Waals surface area contributed by atoms with Gasteiger partial charge in [0.1, 0.15) is 0 Å². The van der Waals surface area contributed by atoms with Gasteiger partial charge >= 0.3 is 0 Å². The number of rotatable bonds is 3. The van der Waals surface area contributed by atoms with E-state index < -0.39 is 10.0 Å². The average Bonchev–Trinajstić information content (AvgIpc) is 2.75. The maximum atomic E-state index is 12.2. The van der Waals surface area contributed by atoms with Crippen LogP contribution < -0.4 is 0 Å². The Hall–Kier alpha value is -0.880. The van der Waals surface area contributed by atoms with Gasteiger partial charge in [-0.05, 0) is 39.2 Å². The molecule has 1 aromatic heterocycles. The molecule has 102 valence electrons. The molecule has 0 saturated carbocycles. The molecule has 1 aliphatic heterocycles. The fourth-order valence-corrected chi connectivity index (χ4v) is 3.84. The van der Waals surface area contributed by atoms with Crippen molar-refractivity contribution >= 4 is 10.0 Å². The van der Waals surface area contributed by atoms with Crippen LogP contribution in [0.5, 0.6) is 0 Å². The number of aromatic nitrogens is 2. The van der Waals surface area contributed by atoms with Crippen LogP contribution in [0.15, 0.2) is 6.20 Å². The Morgan fingerprint density at radius 3 is 2.78 bits per heavy atom. The van der Waals surface area contributed by atoms with Gasteiger partial charge in [0.2, 0.25) is 10.0 Å². The molecule has 2 heterocycles. The van der Waals surface area contributed by atoms with Crippen molar-refractivity contribution in [3.8, 4) is 0 Å². The summed E-state index contributed by atoms with van der Waals surface area (Å²) in [6, 6.07) is 0. The third kappa shape index (κ3) is 2.44. The molecule has 2 rings (SSSR count). The minimum absolute atomic E-state index is 0.245. The number of sulfonamides is 1. The Labute approximate surface area is 109 Å². The molecule has 6 heteroatoms. The normalized spacial score (nSPS) is 22.6. The molecule has 1 fully saturated rings. The van der Waals surface area contributed by atoms with Crippen LogP contribution >= 0.6 is 0 Å². The van der Waals surface area contributed by atoms with E-state index >= 15 is 0 Å². The van der Waals surface area contributed by atoms with Gasteiger partial charge in [0.05, 0.1) is 11.4 Å². The van der Waals surface area contributed by atoms with Gasteiger partial charge in [0.25, 0.3) is 0 Å². The van der Waals surface area contributed by atoms with Gasteiger partial charge in [-0.1, -0.05) is 0 Å².